The minimum atomic E-state index is 1.10. The normalized spacial score (nSPS) is 15.9. The smallest absolute Gasteiger partial charge is 0.206 e. The van der Waals surface area contributed by atoms with Gasteiger partial charge in [-0.05, 0) is 52.3 Å². The van der Waals surface area contributed by atoms with Gasteiger partial charge in [0.1, 0.15) is 12.8 Å². The van der Waals surface area contributed by atoms with Crippen LogP contribution < -0.4 is 9.46 Å². The molecule has 0 fully saturated rings. The molecule has 0 saturated carbocycles. The van der Waals surface area contributed by atoms with E-state index in [1.807, 2.05) is 0 Å². The highest BCUT2D eigenvalue weighted by Crippen LogP contribution is 2.24. The van der Waals surface area contributed by atoms with E-state index in [2.05, 4.69) is 143 Å². The predicted octanol–water partition coefficient (Wildman–Crippen LogP) is 6.96. The Morgan fingerprint density at radius 2 is 1.43 bits per heavy atom. The molecule has 3 aliphatic heterocycles. The zero-order chi connectivity index (χ0) is 26.7. The topological polar surface area (TPSA) is 8.91 Å². The van der Waals surface area contributed by atoms with E-state index in [4.69, 9.17) is 0 Å². The third-order valence-corrected chi connectivity index (χ3v) is 8.23. The molecule has 0 unspecified atom stereocenters. The summed E-state index contributed by atoms with van der Waals surface area (Å²) in [5, 5.41) is 4.07. The number of nitrogens with zero attached hydrogens (tertiary/aromatic N) is 2. The highest BCUT2D eigenvalue weighted by molar-refractivity contribution is 5.77. The summed E-state index contributed by atoms with van der Waals surface area (Å²) in [6, 6.07) is 28.2. The Kier molecular flexibility index (Phi) is 6.67. The largest absolute Gasteiger partial charge is 0.219 e. The zero-order valence-electron chi connectivity index (χ0n) is 22.8. The van der Waals surface area contributed by atoms with E-state index in [1.54, 1.807) is 0 Å². The van der Waals surface area contributed by atoms with Gasteiger partial charge < -0.3 is 0 Å². The van der Waals surface area contributed by atoms with Gasteiger partial charge in [-0.25, -0.2) is 4.58 Å². The van der Waals surface area contributed by atoms with Crippen LogP contribution in [0.2, 0.25) is 0 Å². The van der Waals surface area contributed by atoms with Crippen molar-refractivity contribution >= 4 is 42.3 Å². The first-order valence-electron chi connectivity index (χ1n) is 14.5. The van der Waals surface area contributed by atoms with Crippen LogP contribution in [0.3, 0.4) is 0 Å². The Balaban J connectivity index is 1.56. The monoisotopic (exact) mass is 518 g/mol. The van der Waals surface area contributed by atoms with E-state index in [1.165, 1.54) is 74.1 Å². The third kappa shape index (κ3) is 4.82. The molecule has 0 aliphatic carbocycles. The molecule has 0 bridgehead atoms. The van der Waals surface area contributed by atoms with Crippen molar-refractivity contribution < 1.29 is 8.82 Å². The van der Waals surface area contributed by atoms with Crippen LogP contribution in [0.25, 0.3) is 36.1 Å². The molecule has 0 radical (unpaired) electrons. The van der Waals surface area contributed by atoms with Crippen LogP contribution in [0.15, 0.2) is 91.1 Å². The highest BCUT2D eigenvalue weighted by atomic mass is 15.0. The Morgan fingerprint density at radius 3 is 2.23 bits per heavy atom. The number of hydrogen-bond acceptors (Lipinski definition) is 0. The summed E-state index contributed by atoms with van der Waals surface area (Å²) in [6.45, 7) is 1.11. The summed E-state index contributed by atoms with van der Waals surface area (Å²) in [5.74, 6) is 0. The van der Waals surface area contributed by atoms with Crippen molar-refractivity contribution in [2.45, 2.75) is 32.1 Å². The summed E-state index contributed by atoms with van der Waals surface area (Å²) in [6.07, 6.45) is 26.2. The van der Waals surface area contributed by atoms with Gasteiger partial charge in [-0.2, -0.15) is 4.24 Å². The SMILES string of the molecule is C1=Cc2c(/C=C/c3ccccc3)cc3c(c2=c2cc(/C=C/c4ccccc4)cc[n+]2=C1)=C1CCCC=[N+]1CCC3. The van der Waals surface area contributed by atoms with Gasteiger partial charge in [-0.15, -0.1) is 0 Å². The van der Waals surface area contributed by atoms with Crippen molar-refractivity contribution in [1.29, 1.82) is 0 Å². The molecule has 1 aromatic heterocycles. The minimum absolute atomic E-state index is 1.10. The first-order valence-corrected chi connectivity index (χ1v) is 14.5. The Bertz CT molecular complexity index is 1920. The fourth-order valence-corrected chi connectivity index (χ4v) is 6.29. The van der Waals surface area contributed by atoms with Gasteiger partial charge in [-0.3, -0.25) is 0 Å². The van der Waals surface area contributed by atoms with Crippen molar-refractivity contribution in [3.8, 4) is 0 Å². The van der Waals surface area contributed by atoms with Crippen LogP contribution in [0.4, 0.5) is 0 Å². The van der Waals surface area contributed by atoms with Gasteiger partial charge in [0.2, 0.25) is 5.35 Å². The van der Waals surface area contributed by atoms with Crippen molar-refractivity contribution in [3.63, 3.8) is 0 Å². The zero-order valence-corrected chi connectivity index (χ0v) is 22.8. The van der Waals surface area contributed by atoms with Crippen LogP contribution in [-0.4, -0.2) is 17.3 Å². The number of benzene rings is 3. The number of pyridine rings is 1. The minimum Gasteiger partial charge on any atom is -0.206 e. The van der Waals surface area contributed by atoms with Crippen molar-refractivity contribution in [2.24, 2.45) is 0 Å². The van der Waals surface area contributed by atoms with E-state index in [9.17, 15) is 0 Å². The van der Waals surface area contributed by atoms with Crippen molar-refractivity contribution in [1.82, 2.24) is 0 Å². The van der Waals surface area contributed by atoms with E-state index in [0.29, 0.717) is 0 Å². The highest BCUT2D eigenvalue weighted by Gasteiger charge is 2.25. The van der Waals surface area contributed by atoms with E-state index >= 15 is 0 Å². The van der Waals surface area contributed by atoms with E-state index in [-0.39, 0.29) is 0 Å². The first kappa shape index (κ1) is 24.5. The lowest BCUT2D eigenvalue weighted by Gasteiger charge is -2.12. The van der Waals surface area contributed by atoms with Gasteiger partial charge >= 0.3 is 0 Å². The number of hydrogen-bond donors (Lipinski definition) is 0. The maximum atomic E-state index is 2.57. The Morgan fingerprint density at radius 1 is 0.675 bits per heavy atom. The summed E-state index contributed by atoms with van der Waals surface area (Å²) in [7, 11) is 0. The Labute approximate surface area is 235 Å². The molecule has 2 heteroatoms. The molecular formula is C38H34N2+2. The fourth-order valence-electron chi connectivity index (χ4n) is 6.29. The first-order chi connectivity index (χ1) is 19.8. The standard InChI is InChI=1S/C38H34N2/c1-3-11-29(12-4-1)18-19-31-22-26-40-25-10-16-34-32(21-20-30-13-5-2-6-14-30)28-33-15-9-24-39-23-8-7-17-35(39)37(33)38(34)36(40)27-31/h1-6,10-14,16,18-23,25-28H,7-9,15,17,24H2/q+2/b19-18+,21-20+. The van der Waals surface area contributed by atoms with Crippen LogP contribution in [0.1, 0.15) is 59.1 Å². The van der Waals surface area contributed by atoms with Crippen molar-refractivity contribution in [2.75, 3.05) is 6.54 Å². The number of aromatic nitrogens is 1. The molecule has 0 N–H and O–H groups in total. The molecule has 0 atom stereocenters. The number of fused-ring (bicyclic) bond motifs is 5. The van der Waals surface area contributed by atoms with Gasteiger partial charge in [0.05, 0.1) is 10.4 Å². The maximum Gasteiger partial charge on any atom is 0.219 e. The third-order valence-electron chi connectivity index (χ3n) is 8.23. The molecule has 0 spiro atoms. The molecule has 4 aromatic rings. The maximum absolute atomic E-state index is 2.57. The lowest BCUT2D eigenvalue weighted by molar-refractivity contribution is -0.518. The molecule has 3 aliphatic rings. The molecule has 40 heavy (non-hydrogen) atoms. The Hall–Kier alpha value is -4.56. The lowest BCUT2D eigenvalue weighted by atomic mass is 9.93. The molecule has 2 nitrogen and oxygen atoms in total. The average molecular weight is 519 g/mol. The fraction of sp³-hybridized carbons (Fsp3) is 0.158. The van der Waals surface area contributed by atoms with Crippen molar-refractivity contribution in [3.05, 3.63) is 147 Å². The summed E-state index contributed by atoms with van der Waals surface area (Å²) >= 11 is 0. The molecule has 0 saturated heterocycles. The van der Waals surface area contributed by atoms with E-state index < -0.39 is 0 Å². The molecule has 3 aromatic carbocycles. The molecule has 194 valence electrons. The summed E-state index contributed by atoms with van der Waals surface area (Å²) in [5.41, 5.74) is 9.21. The molecule has 4 heterocycles. The quantitative estimate of drug-likeness (QED) is 0.204. The van der Waals surface area contributed by atoms with Gasteiger partial charge in [0, 0.05) is 37.5 Å². The van der Waals surface area contributed by atoms with Gasteiger partial charge in [-0.1, -0.05) is 91.0 Å². The number of aryl methyl sites for hydroxylation is 1. The second kappa shape index (κ2) is 10.9. The second-order valence-electron chi connectivity index (χ2n) is 10.9. The predicted molar refractivity (Wildman–Crippen MR) is 167 cm³/mol. The van der Waals surface area contributed by atoms with Crippen LogP contribution >= 0.6 is 0 Å². The van der Waals surface area contributed by atoms with Crippen LogP contribution in [-0.2, 0) is 6.42 Å². The lowest BCUT2D eigenvalue weighted by Crippen LogP contribution is -2.27. The van der Waals surface area contributed by atoms with Gasteiger partial charge in [0.25, 0.3) is 0 Å². The van der Waals surface area contributed by atoms with Crippen LogP contribution in [0.5, 0.6) is 0 Å². The number of rotatable bonds is 4. The van der Waals surface area contributed by atoms with Gasteiger partial charge in [0.15, 0.2) is 18.1 Å². The van der Waals surface area contributed by atoms with E-state index in [0.717, 1.165) is 19.4 Å². The molecular weight excluding hydrogens is 484 g/mol. The summed E-state index contributed by atoms with van der Waals surface area (Å²) in [4.78, 5) is 0. The summed E-state index contributed by atoms with van der Waals surface area (Å²) < 4.78 is 4.87. The number of allylic oxidation sites excluding steroid dienone is 1. The second-order valence-corrected chi connectivity index (χ2v) is 10.9. The molecule has 7 rings (SSSR count). The molecule has 0 amide bonds. The average Bonchev–Trinajstić information content (AvgIpc) is 3.31. The van der Waals surface area contributed by atoms with Crippen LogP contribution in [0, 0.1) is 16.8 Å².